The van der Waals surface area contributed by atoms with E-state index in [9.17, 15) is 9.59 Å². The van der Waals surface area contributed by atoms with Crippen LogP contribution in [0.4, 0.5) is 22.7 Å². The van der Waals surface area contributed by atoms with Crippen LogP contribution in [0.25, 0.3) is 0 Å². The van der Waals surface area contributed by atoms with Crippen LogP contribution < -0.4 is 15.5 Å². The number of hydrogen-bond donors (Lipinski definition) is 2. The number of nitrogens with one attached hydrogen (secondary N) is 2. The molecule has 4 rings (SSSR count). The molecule has 3 aromatic rings. The molecule has 3 aromatic carbocycles. The van der Waals surface area contributed by atoms with Crippen LogP contribution in [-0.4, -0.2) is 18.9 Å². The van der Waals surface area contributed by atoms with Gasteiger partial charge in [-0.25, -0.2) is 0 Å². The predicted octanol–water partition coefficient (Wildman–Crippen LogP) is 5.06. The fraction of sp³-hybridized carbons (Fsp3) is 0.167. The smallest absolute Gasteiger partial charge is 0.257 e. The Morgan fingerprint density at radius 1 is 0.793 bits per heavy atom. The molecule has 0 unspecified atom stereocenters. The van der Waals surface area contributed by atoms with Crippen LogP contribution in [-0.2, 0) is 4.79 Å². The number of nitrogens with zero attached hydrogens (tertiary/aromatic N) is 1. The maximum atomic E-state index is 12.9. The molecule has 2 N–H and O–H groups in total. The van der Waals surface area contributed by atoms with Gasteiger partial charge in [0.25, 0.3) is 5.91 Å². The minimum Gasteiger partial charge on any atom is -0.356 e. The Morgan fingerprint density at radius 2 is 1.38 bits per heavy atom. The SMILES string of the molecule is CN(C(=O)C1CC1)c1ccccc1C(=O)Nc1ccc(Nc2ccccc2)cc1. The Bertz CT molecular complexity index is 1010. The van der Waals surface area contributed by atoms with Crippen molar-refractivity contribution < 1.29 is 9.59 Å². The summed E-state index contributed by atoms with van der Waals surface area (Å²) in [5.41, 5.74) is 3.74. The third kappa shape index (κ3) is 4.46. The largest absolute Gasteiger partial charge is 0.356 e. The quantitative estimate of drug-likeness (QED) is 0.624. The molecule has 1 aliphatic carbocycles. The summed E-state index contributed by atoms with van der Waals surface area (Å²) in [7, 11) is 1.73. The fourth-order valence-electron chi connectivity index (χ4n) is 3.20. The molecule has 0 spiro atoms. The number of para-hydroxylation sites is 2. The van der Waals surface area contributed by atoms with Gasteiger partial charge in [0.2, 0.25) is 5.91 Å². The minimum absolute atomic E-state index is 0.0709. The van der Waals surface area contributed by atoms with Crippen molar-refractivity contribution >= 4 is 34.6 Å². The average molecular weight is 385 g/mol. The molecule has 0 saturated heterocycles. The zero-order chi connectivity index (χ0) is 20.2. The van der Waals surface area contributed by atoms with Gasteiger partial charge in [0.05, 0.1) is 11.3 Å². The molecule has 1 fully saturated rings. The predicted molar refractivity (Wildman–Crippen MR) is 117 cm³/mol. The molecule has 1 saturated carbocycles. The highest BCUT2D eigenvalue weighted by Crippen LogP contribution is 2.33. The number of carbonyl (C=O) groups is 2. The lowest BCUT2D eigenvalue weighted by Crippen LogP contribution is -2.29. The Balaban J connectivity index is 1.46. The topological polar surface area (TPSA) is 61.4 Å². The highest BCUT2D eigenvalue weighted by atomic mass is 16.2. The first kappa shape index (κ1) is 18.7. The van der Waals surface area contributed by atoms with E-state index in [1.165, 1.54) is 0 Å². The van der Waals surface area contributed by atoms with Crippen LogP contribution in [0.3, 0.4) is 0 Å². The summed E-state index contributed by atoms with van der Waals surface area (Å²) in [4.78, 5) is 26.9. The first-order valence-electron chi connectivity index (χ1n) is 9.72. The number of anilines is 4. The van der Waals surface area contributed by atoms with E-state index in [1.807, 2.05) is 66.7 Å². The molecule has 146 valence electrons. The molecule has 0 aromatic heterocycles. The molecule has 0 bridgehead atoms. The lowest BCUT2D eigenvalue weighted by atomic mass is 10.1. The molecule has 0 aliphatic heterocycles. The van der Waals surface area contributed by atoms with E-state index in [-0.39, 0.29) is 17.7 Å². The molecule has 2 amide bonds. The van der Waals surface area contributed by atoms with Crippen molar-refractivity contribution in [1.29, 1.82) is 0 Å². The Labute approximate surface area is 170 Å². The zero-order valence-electron chi connectivity index (χ0n) is 16.3. The van der Waals surface area contributed by atoms with Crippen LogP contribution in [0, 0.1) is 5.92 Å². The second-order valence-electron chi connectivity index (χ2n) is 7.21. The highest BCUT2D eigenvalue weighted by Gasteiger charge is 2.33. The van der Waals surface area contributed by atoms with E-state index < -0.39 is 0 Å². The summed E-state index contributed by atoms with van der Waals surface area (Å²) in [6.07, 6.45) is 1.86. The van der Waals surface area contributed by atoms with Gasteiger partial charge in [0.15, 0.2) is 0 Å². The van der Waals surface area contributed by atoms with Gasteiger partial charge in [-0.15, -0.1) is 0 Å². The normalized spacial score (nSPS) is 12.9. The van der Waals surface area contributed by atoms with E-state index in [1.54, 1.807) is 24.1 Å². The van der Waals surface area contributed by atoms with E-state index in [4.69, 9.17) is 0 Å². The molecular weight excluding hydrogens is 362 g/mol. The molecule has 0 radical (unpaired) electrons. The summed E-state index contributed by atoms with van der Waals surface area (Å²) >= 11 is 0. The number of rotatable bonds is 6. The third-order valence-electron chi connectivity index (χ3n) is 4.97. The number of amides is 2. The van der Waals surface area contributed by atoms with Crippen molar-refractivity contribution in [2.75, 3.05) is 22.6 Å². The second kappa shape index (κ2) is 8.19. The number of carbonyl (C=O) groups excluding carboxylic acids is 2. The summed E-state index contributed by atoms with van der Waals surface area (Å²) in [5, 5.41) is 6.24. The van der Waals surface area contributed by atoms with Gasteiger partial charge in [-0.3, -0.25) is 9.59 Å². The monoisotopic (exact) mass is 385 g/mol. The summed E-state index contributed by atoms with van der Waals surface area (Å²) in [6, 6.07) is 24.6. The van der Waals surface area contributed by atoms with Gasteiger partial charge in [-0.2, -0.15) is 0 Å². The summed E-state index contributed by atoms with van der Waals surface area (Å²) in [6.45, 7) is 0. The maximum absolute atomic E-state index is 12.9. The molecule has 1 aliphatic rings. The number of hydrogen-bond acceptors (Lipinski definition) is 3. The third-order valence-corrected chi connectivity index (χ3v) is 4.97. The van der Waals surface area contributed by atoms with E-state index in [2.05, 4.69) is 10.6 Å². The van der Waals surface area contributed by atoms with Gasteiger partial charge in [-0.1, -0.05) is 30.3 Å². The second-order valence-corrected chi connectivity index (χ2v) is 7.21. The van der Waals surface area contributed by atoms with Crippen molar-refractivity contribution in [3.63, 3.8) is 0 Å². The Morgan fingerprint density at radius 3 is 2.07 bits per heavy atom. The van der Waals surface area contributed by atoms with E-state index in [0.717, 1.165) is 24.2 Å². The van der Waals surface area contributed by atoms with Gasteiger partial charge < -0.3 is 15.5 Å². The summed E-state index contributed by atoms with van der Waals surface area (Å²) in [5.74, 6) is -0.0674. The molecule has 5 nitrogen and oxygen atoms in total. The lowest BCUT2D eigenvalue weighted by Gasteiger charge is -2.20. The molecule has 29 heavy (non-hydrogen) atoms. The molecule has 0 heterocycles. The van der Waals surface area contributed by atoms with Gasteiger partial charge in [-0.05, 0) is 61.4 Å². The van der Waals surface area contributed by atoms with E-state index in [0.29, 0.717) is 16.9 Å². The van der Waals surface area contributed by atoms with E-state index >= 15 is 0 Å². The van der Waals surface area contributed by atoms with Crippen LogP contribution in [0.5, 0.6) is 0 Å². The number of benzene rings is 3. The van der Waals surface area contributed by atoms with Crippen LogP contribution >= 0.6 is 0 Å². The van der Waals surface area contributed by atoms with Crippen LogP contribution in [0.15, 0.2) is 78.9 Å². The average Bonchev–Trinajstić information content (AvgIpc) is 3.60. The lowest BCUT2D eigenvalue weighted by molar-refractivity contribution is -0.119. The minimum atomic E-state index is -0.236. The highest BCUT2D eigenvalue weighted by molar-refractivity contribution is 6.11. The molecule has 5 heteroatoms. The molecular formula is C24H23N3O2. The van der Waals surface area contributed by atoms with Crippen molar-refractivity contribution in [3.8, 4) is 0 Å². The van der Waals surface area contributed by atoms with Gasteiger partial charge in [0.1, 0.15) is 0 Å². The van der Waals surface area contributed by atoms with Crippen molar-refractivity contribution in [3.05, 3.63) is 84.4 Å². The summed E-state index contributed by atoms with van der Waals surface area (Å²) < 4.78 is 0. The first-order valence-corrected chi connectivity index (χ1v) is 9.72. The van der Waals surface area contributed by atoms with Crippen molar-refractivity contribution in [2.45, 2.75) is 12.8 Å². The Kier molecular flexibility index (Phi) is 5.29. The molecule has 0 atom stereocenters. The fourth-order valence-corrected chi connectivity index (χ4v) is 3.20. The standard InChI is InChI=1S/C24H23N3O2/c1-27(24(29)17-11-12-17)22-10-6-5-9-21(22)23(28)26-20-15-13-19(14-16-20)25-18-7-3-2-4-8-18/h2-10,13-17,25H,11-12H2,1H3,(H,26,28). The zero-order valence-corrected chi connectivity index (χ0v) is 16.3. The Hall–Kier alpha value is -3.60. The van der Waals surface area contributed by atoms with Gasteiger partial charge >= 0.3 is 0 Å². The van der Waals surface area contributed by atoms with Gasteiger partial charge in [0, 0.05) is 30.0 Å². The van der Waals surface area contributed by atoms with Crippen LogP contribution in [0.1, 0.15) is 23.2 Å². The first-order chi connectivity index (χ1) is 14.1. The maximum Gasteiger partial charge on any atom is 0.257 e. The van der Waals surface area contributed by atoms with Crippen molar-refractivity contribution in [1.82, 2.24) is 0 Å². The van der Waals surface area contributed by atoms with Crippen LogP contribution in [0.2, 0.25) is 0 Å². The van der Waals surface area contributed by atoms with Crippen molar-refractivity contribution in [2.24, 2.45) is 5.92 Å².